The number of aliphatic hydroxyl groups is 2. The molecule has 6 nitrogen and oxygen atoms in total. The third-order valence-corrected chi connectivity index (χ3v) is 3.84. The summed E-state index contributed by atoms with van der Waals surface area (Å²) in [6.45, 7) is -0.244. The van der Waals surface area contributed by atoms with Crippen molar-refractivity contribution in [1.82, 2.24) is 0 Å². The Balaban J connectivity index is 2.05. The number of carboxylic acid groups (broad SMARTS) is 1. The first kappa shape index (κ1) is 12.3. The lowest BCUT2D eigenvalue weighted by Crippen LogP contribution is -2.36. The van der Waals surface area contributed by atoms with Crippen molar-refractivity contribution >= 4 is 5.97 Å². The molecule has 1 aliphatic carbocycles. The van der Waals surface area contributed by atoms with E-state index in [1.54, 1.807) is 12.1 Å². The molecule has 19 heavy (non-hydrogen) atoms. The zero-order valence-electron chi connectivity index (χ0n) is 10.1. The Bertz CT molecular complexity index is 526. The highest BCUT2D eigenvalue weighted by Gasteiger charge is 2.40. The number of ether oxygens (including phenoxy) is 2. The molecule has 6 heteroatoms. The minimum atomic E-state index is -1.01. The molecule has 0 aromatic heterocycles. The summed E-state index contributed by atoms with van der Waals surface area (Å²) in [7, 11) is 0. The van der Waals surface area contributed by atoms with Gasteiger partial charge in [0, 0.05) is 12.5 Å². The Morgan fingerprint density at radius 3 is 2.63 bits per heavy atom. The summed E-state index contributed by atoms with van der Waals surface area (Å²) in [6.07, 6.45) is -0.742. The number of carbonyl (C=O) groups is 1. The summed E-state index contributed by atoms with van der Waals surface area (Å²) in [4.78, 5) is 11.2. The molecule has 1 aromatic carbocycles. The van der Waals surface area contributed by atoms with E-state index in [4.69, 9.17) is 9.47 Å². The molecule has 0 saturated heterocycles. The fourth-order valence-electron chi connectivity index (χ4n) is 2.79. The number of benzene rings is 1. The number of aliphatic hydroxyl groups excluding tert-OH is 2. The lowest BCUT2D eigenvalue weighted by Gasteiger charge is -2.33. The minimum absolute atomic E-state index is 0.125. The van der Waals surface area contributed by atoms with Gasteiger partial charge in [-0.2, -0.15) is 0 Å². The van der Waals surface area contributed by atoms with Crippen LogP contribution < -0.4 is 9.47 Å². The van der Waals surface area contributed by atoms with E-state index in [0.29, 0.717) is 17.1 Å². The second-order valence-corrected chi connectivity index (χ2v) is 4.84. The zero-order chi connectivity index (χ0) is 13.6. The van der Waals surface area contributed by atoms with Gasteiger partial charge in [0.1, 0.15) is 0 Å². The number of hydrogen-bond acceptors (Lipinski definition) is 5. The van der Waals surface area contributed by atoms with E-state index in [2.05, 4.69) is 0 Å². The fourth-order valence-corrected chi connectivity index (χ4v) is 2.79. The molecule has 0 bridgehead atoms. The normalized spacial score (nSPS) is 28.0. The van der Waals surface area contributed by atoms with Crippen LogP contribution >= 0.6 is 0 Å². The van der Waals surface area contributed by atoms with Crippen LogP contribution in [0.5, 0.6) is 11.5 Å². The van der Waals surface area contributed by atoms with Crippen LogP contribution in [-0.2, 0) is 11.2 Å². The molecule has 3 atom stereocenters. The van der Waals surface area contributed by atoms with Crippen molar-refractivity contribution < 1.29 is 29.6 Å². The standard InChI is InChI=1S/C13H14O6/c14-4-9-8(13(16)17)1-6-2-10-11(19-5-18-10)3-7(6)12(9)15/h2-3,8-9,12,14-15H,1,4-5H2,(H,16,17). The van der Waals surface area contributed by atoms with Crippen molar-refractivity contribution in [3.05, 3.63) is 23.3 Å². The summed E-state index contributed by atoms with van der Waals surface area (Å²) >= 11 is 0. The highest BCUT2D eigenvalue weighted by Crippen LogP contribution is 2.44. The third kappa shape index (κ3) is 1.84. The molecular formula is C13H14O6. The number of carboxylic acids is 1. The highest BCUT2D eigenvalue weighted by molar-refractivity contribution is 5.72. The lowest BCUT2D eigenvalue weighted by molar-refractivity contribution is -0.147. The van der Waals surface area contributed by atoms with Gasteiger partial charge in [-0.3, -0.25) is 4.79 Å². The van der Waals surface area contributed by atoms with Gasteiger partial charge in [0.05, 0.1) is 12.0 Å². The first-order chi connectivity index (χ1) is 9.11. The summed E-state index contributed by atoms with van der Waals surface area (Å²) in [5.74, 6) is -1.40. The van der Waals surface area contributed by atoms with Gasteiger partial charge in [-0.15, -0.1) is 0 Å². The van der Waals surface area contributed by atoms with Gasteiger partial charge in [-0.1, -0.05) is 0 Å². The third-order valence-electron chi connectivity index (χ3n) is 3.84. The molecular weight excluding hydrogens is 252 g/mol. The first-order valence-corrected chi connectivity index (χ1v) is 6.06. The van der Waals surface area contributed by atoms with E-state index in [1.165, 1.54) is 0 Å². The van der Waals surface area contributed by atoms with Crippen LogP contribution in [0.3, 0.4) is 0 Å². The Morgan fingerprint density at radius 1 is 1.32 bits per heavy atom. The predicted molar refractivity (Wildman–Crippen MR) is 62.9 cm³/mol. The van der Waals surface area contributed by atoms with Gasteiger partial charge in [-0.05, 0) is 29.7 Å². The molecule has 3 rings (SSSR count). The molecule has 1 aromatic rings. The Labute approximate surface area is 109 Å². The zero-order valence-corrected chi connectivity index (χ0v) is 10.1. The van der Waals surface area contributed by atoms with Gasteiger partial charge < -0.3 is 24.8 Å². The average molecular weight is 266 g/mol. The van der Waals surface area contributed by atoms with E-state index >= 15 is 0 Å². The number of fused-ring (bicyclic) bond motifs is 2. The van der Waals surface area contributed by atoms with Crippen molar-refractivity contribution in [2.24, 2.45) is 11.8 Å². The van der Waals surface area contributed by atoms with Crippen LogP contribution in [0.1, 0.15) is 17.2 Å². The maximum absolute atomic E-state index is 11.2. The maximum Gasteiger partial charge on any atom is 0.307 e. The van der Waals surface area contributed by atoms with Crippen molar-refractivity contribution in [2.75, 3.05) is 13.4 Å². The Kier molecular flexibility index (Phi) is 2.83. The number of hydrogen-bond donors (Lipinski definition) is 3. The fraction of sp³-hybridized carbons (Fsp3) is 0.462. The van der Waals surface area contributed by atoms with E-state index in [0.717, 1.165) is 5.56 Å². The van der Waals surface area contributed by atoms with Crippen molar-refractivity contribution in [2.45, 2.75) is 12.5 Å². The predicted octanol–water partition coefficient (Wildman–Crippen LogP) is 0.314. The van der Waals surface area contributed by atoms with Crippen LogP contribution in [0, 0.1) is 11.8 Å². The van der Waals surface area contributed by atoms with Crippen molar-refractivity contribution in [3.8, 4) is 11.5 Å². The van der Waals surface area contributed by atoms with Crippen molar-refractivity contribution in [1.29, 1.82) is 0 Å². The number of aliphatic carboxylic acids is 1. The van der Waals surface area contributed by atoms with Crippen LogP contribution in [0.15, 0.2) is 12.1 Å². The summed E-state index contributed by atoms with van der Waals surface area (Å²) < 4.78 is 10.5. The van der Waals surface area contributed by atoms with E-state index < -0.39 is 23.9 Å². The molecule has 0 spiro atoms. The maximum atomic E-state index is 11.2. The molecule has 2 aliphatic rings. The van der Waals surface area contributed by atoms with E-state index in [-0.39, 0.29) is 19.8 Å². The second-order valence-electron chi connectivity index (χ2n) is 4.84. The van der Waals surface area contributed by atoms with Crippen LogP contribution in [0.2, 0.25) is 0 Å². The van der Waals surface area contributed by atoms with Gasteiger partial charge in [-0.25, -0.2) is 0 Å². The molecule has 0 saturated carbocycles. The highest BCUT2D eigenvalue weighted by atomic mass is 16.7. The first-order valence-electron chi connectivity index (χ1n) is 6.06. The summed E-state index contributed by atoms with van der Waals surface area (Å²) in [5.41, 5.74) is 1.34. The molecule has 3 N–H and O–H groups in total. The van der Waals surface area contributed by atoms with Gasteiger partial charge in [0.25, 0.3) is 0 Å². The number of rotatable bonds is 2. The minimum Gasteiger partial charge on any atom is -0.481 e. The summed E-state index contributed by atoms with van der Waals surface area (Å²) in [6, 6.07) is 3.38. The van der Waals surface area contributed by atoms with Crippen LogP contribution in [0.25, 0.3) is 0 Å². The topological polar surface area (TPSA) is 96.2 Å². The molecule has 3 unspecified atom stereocenters. The lowest BCUT2D eigenvalue weighted by atomic mass is 9.74. The van der Waals surface area contributed by atoms with Crippen molar-refractivity contribution in [3.63, 3.8) is 0 Å². The molecule has 0 radical (unpaired) electrons. The largest absolute Gasteiger partial charge is 0.481 e. The SMILES string of the molecule is O=C(O)C1Cc2cc3c(cc2C(O)C1CO)OCO3. The van der Waals surface area contributed by atoms with E-state index in [1.807, 2.05) is 0 Å². The van der Waals surface area contributed by atoms with Gasteiger partial charge in [0.2, 0.25) is 6.79 Å². The molecule has 1 aliphatic heterocycles. The monoisotopic (exact) mass is 266 g/mol. The van der Waals surface area contributed by atoms with E-state index in [9.17, 15) is 20.1 Å². The molecule has 0 fully saturated rings. The smallest absolute Gasteiger partial charge is 0.307 e. The second kappa shape index (κ2) is 4.40. The molecule has 1 heterocycles. The van der Waals surface area contributed by atoms with Crippen LogP contribution in [-0.4, -0.2) is 34.7 Å². The Hall–Kier alpha value is -1.79. The van der Waals surface area contributed by atoms with Gasteiger partial charge >= 0.3 is 5.97 Å². The summed E-state index contributed by atoms with van der Waals surface area (Å²) in [5, 5.41) is 28.8. The average Bonchev–Trinajstić information content (AvgIpc) is 2.83. The quantitative estimate of drug-likeness (QED) is 0.713. The molecule has 0 amide bonds. The van der Waals surface area contributed by atoms with Crippen LogP contribution in [0.4, 0.5) is 0 Å². The Morgan fingerprint density at radius 2 is 2.00 bits per heavy atom. The molecule has 102 valence electrons. The van der Waals surface area contributed by atoms with Gasteiger partial charge in [0.15, 0.2) is 11.5 Å².